The van der Waals surface area contributed by atoms with Gasteiger partial charge >= 0.3 is 0 Å². The van der Waals surface area contributed by atoms with Crippen LogP contribution in [-0.2, 0) is 0 Å². The molecular formula is C5H9ClF2. The molecule has 0 aromatic rings. The summed E-state index contributed by atoms with van der Waals surface area (Å²) in [5.41, 5.74) is 0. The van der Waals surface area contributed by atoms with Crippen molar-refractivity contribution in [1.82, 2.24) is 0 Å². The molecule has 1 aliphatic carbocycles. The third kappa shape index (κ3) is 1.58. The lowest BCUT2D eigenvalue weighted by Crippen LogP contribution is -1.68. The van der Waals surface area contributed by atoms with Crippen LogP contribution in [0.3, 0.4) is 0 Å². The van der Waals surface area contributed by atoms with E-state index >= 15 is 0 Å². The zero-order valence-corrected chi connectivity index (χ0v) is 5.62. The molecule has 0 radical (unpaired) electrons. The van der Waals surface area contributed by atoms with Gasteiger partial charge in [-0.2, -0.15) is 0 Å². The van der Waals surface area contributed by atoms with Gasteiger partial charge in [-0.05, 0) is 0 Å². The zero-order chi connectivity index (χ0) is 6.73. The molecule has 0 aliphatic heterocycles. The number of halogens is 3. The van der Waals surface area contributed by atoms with Gasteiger partial charge in [0.25, 0.3) is 0 Å². The van der Waals surface area contributed by atoms with Gasteiger partial charge in [0.15, 0.2) is 0 Å². The molecule has 0 aromatic carbocycles. The van der Waals surface area contributed by atoms with E-state index in [0.29, 0.717) is 0 Å². The van der Waals surface area contributed by atoms with Crippen molar-refractivity contribution in [2.24, 2.45) is 5.92 Å². The minimum absolute atomic E-state index is 0.315. The molecule has 1 saturated carbocycles. The average Bonchev–Trinajstić information content (AvgIpc) is 2.30. The van der Waals surface area contributed by atoms with Crippen molar-refractivity contribution >= 4 is 11.6 Å². The second-order valence-electron chi connectivity index (χ2n) is 1.75. The van der Waals surface area contributed by atoms with Crippen LogP contribution in [0, 0.1) is 5.92 Å². The predicted molar refractivity (Wildman–Crippen MR) is 30.7 cm³/mol. The predicted octanol–water partition coefficient (Wildman–Crippen LogP) is 2.17. The Morgan fingerprint density at radius 1 is 1.12 bits per heavy atom. The summed E-state index contributed by atoms with van der Waals surface area (Å²) in [6.07, 6.45) is -0.824. The van der Waals surface area contributed by atoms with E-state index in [1.807, 2.05) is 0 Å². The van der Waals surface area contributed by atoms with Crippen molar-refractivity contribution in [2.45, 2.75) is 19.3 Å². The van der Waals surface area contributed by atoms with Gasteiger partial charge in [-0.3, -0.25) is 0 Å². The molecule has 50 valence electrons. The molecule has 2 unspecified atom stereocenters. The van der Waals surface area contributed by atoms with E-state index in [1.165, 1.54) is 6.38 Å². The van der Waals surface area contributed by atoms with E-state index < -0.39 is 12.3 Å². The maximum atomic E-state index is 11.5. The molecule has 0 spiro atoms. The first kappa shape index (κ1) is 8.15. The number of rotatable bonds is 0. The Morgan fingerprint density at radius 3 is 1.25 bits per heavy atom. The van der Waals surface area contributed by atoms with Crippen molar-refractivity contribution in [3.8, 4) is 0 Å². The van der Waals surface area contributed by atoms with Crippen LogP contribution in [0.2, 0.25) is 0 Å². The van der Waals surface area contributed by atoms with Crippen molar-refractivity contribution in [2.75, 3.05) is 6.38 Å². The van der Waals surface area contributed by atoms with Crippen LogP contribution in [0.1, 0.15) is 6.92 Å². The second kappa shape index (κ2) is 3.23. The molecule has 0 N–H and O–H groups in total. The fourth-order valence-electron chi connectivity index (χ4n) is 0.368. The van der Waals surface area contributed by atoms with Crippen molar-refractivity contribution in [1.29, 1.82) is 0 Å². The second-order valence-corrected chi connectivity index (χ2v) is 1.75. The third-order valence-electron chi connectivity index (χ3n) is 1.17. The molecule has 3 heteroatoms. The van der Waals surface area contributed by atoms with Gasteiger partial charge in [-0.15, -0.1) is 11.6 Å². The van der Waals surface area contributed by atoms with Gasteiger partial charge in [-0.25, -0.2) is 8.78 Å². The SMILES string of the molecule is CC1C(F)C1F.CCl. The monoisotopic (exact) mass is 142 g/mol. The van der Waals surface area contributed by atoms with Gasteiger partial charge < -0.3 is 0 Å². The van der Waals surface area contributed by atoms with Gasteiger partial charge in [0, 0.05) is 12.3 Å². The van der Waals surface area contributed by atoms with E-state index in [2.05, 4.69) is 11.6 Å². The van der Waals surface area contributed by atoms with Crippen LogP contribution in [0.5, 0.6) is 0 Å². The fourth-order valence-corrected chi connectivity index (χ4v) is 0.368. The van der Waals surface area contributed by atoms with E-state index in [9.17, 15) is 8.78 Å². The lowest BCUT2D eigenvalue weighted by molar-refractivity contribution is 0.372. The first-order valence-corrected chi connectivity index (χ1v) is 3.15. The molecule has 0 bridgehead atoms. The Morgan fingerprint density at radius 2 is 1.25 bits per heavy atom. The molecule has 0 amide bonds. The summed E-state index contributed by atoms with van der Waals surface area (Å²) in [6.45, 7) is 1.56. The Balaban J connectivity index is 0.000000222. The molecule has 0 heterocycles. The molecule has 0 aromatic heterocycles. The van der Waals surface area contributed by atoms with Crippen LogP contribution in [0.25, 0.3) is 0 Å². The molecule has 0 saturated heterocycles. The van der Waals surface area contributed by atoms with Crippen molar-refractivity contribution in [3.05, 3.63) is 0 Å². The normalized spacial score (nSPS) is 42.4. The summed E-state index contributed by atoms with van der Waals surface area (Å²) >= 11 is 4.64. The minimum Gasteiger partial charge on any atom is -0.244 e. The molecule has 8 heavy (non-hydrogen) atoms. The van der Waals surface area contributed by atoms with E-state index in [4.69, 9.17) is 0 Å². The largest absolute Gasteiger partial charge is 0.244 e. The van der Waals surface area contributed by atoms with Gasteiger partial charge in [0.2, 0.25) is 0 Å². The van der Waals surface area contributed by atoms with Crippen molar-refractivity contribution in [3.63, 3.8) is 0 Å². The minimum atomic E-state index is -1.15. The highest BCUT2D eigenvalue weighted by molar-refractivity contribution is 6.15. The Bertz CT molecular complexity index is 47.2. The highest BCUT2D eigenvalue weighted by Crippen LogP contribution is 2.36. The molecular weight excluding hydrogens is 134 g/mol. The first-order valence-electron chi connectivity index (χ1n) is 2.39. The van der Waals surface area contributed by atoms with Crippen LogP contribution in [-0.4, -0.2) is 18.7 Å². The van der Waals surface area contributed by atoms with Crippen molar-refractivity contribution < 1.29 is 8.78 Å². The van der Waals surface area contributed by atoms with Gasteiger partial charge in [0.05, 0.1) is 0 Å². The number of hydrogen-bond donors (Lipinski definition) is 0. The molecule has 1 rings (SSSR count). The lowest BCUT2D eigenvalue weighted by atomic mass is 10.5. The van der Waals surface area contributed by atoms with E-state index in [-0.39, 0.29) is 5.92 Å². The van der Waals surface area contributed by atoms with Crippen LogP contribution >= 0.6 is 11.6 Å². The Labute approximate surface area is 52.8 Å². The standard InChI is InChI=1S/C4H6F2.CH3Cl/c1-2-3(5)4(2)6;1-2/h2-4H,1H3;1H3. The summed E-state index contributed by atoms with van der Waals surface area (Å²) < 4.78 is 23.0. The summed E-state index contributed by atoms with van der Waals surface area (Å²) in [6, 6.07) is 0. The number of alkyl halides is 3. The van der Waals surface area contributed by atoms with Gasteiger partial charge in [0.1, 0.15) is 12.3 Å². The summed E-state index contributed by atoms with van der Waals surface area (Å²) in [5.74, 6) is -0.315. The van der Waals surface area contributed by atoms with Crippen LogP contribution in [0.15, 0.2) is 0 Å². The highest BCUT2D eigenvalue weighted by atomic mass is 35.5. The molecule has 0 nitrogen and oxygen atoms in total. The van der Waals surface area contributed by atoms with Gasteiger partial charge in [-0.1, -0.05) is 6.92 Å². The van der Waals surface area contributed by atoms with Crippen LogP contribution < -0.4 is 0 Å². The molecule has 1 fully saturated rings. The first-order chi connectivity index (χ1) is 3.73. The quantitative estimate of drug-likeness (QED) is 0.455. The number of hydrogen-bond acceptors (Lipinski definition) is 0. The fraction of sp³-hybridized carbons (Fsp3) is 1.00. The summed E-state index contributed by atoms with van der Waals surface area (Å²) in [7, 11) is 0. The zero-order valence-electron chi connectivity index (χ0n) is 4.87. The summed E-state index contributed by atoms with van der Waals surface area (Å²) in [4.78, 5) is 0. The smallest absolute Gasteiger partial charge is 0.137 e. The Kier molecular flexibility index (Phi) is 3.29. The maximum absolute atomic E-state index is 11.5. The molecule has 2 atom stereocenters. The Hall–Kier alpha value is 0.150. The van der Waals surface area contributed by atoms with Crippen LogP contribution in [0.4, 0.5) is 8.78 Å². The summed E-state index contributed by atoms with van der Waals surface area (Å²) in [5, 5.41) is 0. The highest BCUT2D eigenvalue weighted by Gasteiger charge is 2.48. The van der Waals surface area contributed by atoms with E-state index in [1.54, 1.807) is 6.92 Å². The lowest BCUT2D eigenvalue weighted by Gasteiger charge is -1.61. The topological polar surface area (TPSA) is 0 Å². The maximum Gasteiger partial charge on any atom is 0.137 e. The molecule has 1 aliphatic rings. The third-order valence-corrected chi connectivity index (χ3v) is 1.17. The van der Waals surface area contributed by atoms with E-state index in [0.717, 1.165) is 0 Å². The average molecular weight is 143 g/mol.